The molecule has 0 bridgehead atoms. The van der Waals surface area contributed by atoms with Crippen LogP contribution in [-0.4, -0.2) is 34.3 Å². The van der Waals surface area contributed by atoms with Crippen LogP contribution < -0.4 is 10.6 Å². The van der Waals surface area contributed by atoms with Gasteiger partial charge in [-0.3, -0.25) is 0 Å². The van der Waals surface area contributed by atoms with Crippen molar-refractivity contribution in [3.63, 3.8) is 0 Å². The second kappa shape index (κ2) is 7.63. The van der Waals surface area contributed by atoms with Crippen molar-refractivity contribution in [2.75, 3.05) is 24.2 Å². The highest BCUT2D eigenvalue weighted by atomic mass is 32.2. The van der Waals surface area contributed by atoms with E-state index in [4.69, 9.17) is 4.42 Å². The number of nitrogens with one attached hydrogen (secondary N) is 2. The SMILES string of the molecule is CCCNCc1nnc(NCC2CCCCS2)o1. The maximum Gasteiger partial charge on any atom is 0.315 e. The van der Waals surface area contributed by atoms with E-state index in [1.54, 1.807) is 0 Å². The maximum atomic E-state index is 5.52. The molecule has 1 unspecified atom stereocenters. The summed E-state index contributed by atoms with van der Waals surface area (Å²) in [6.45, 7) is 4.69. The van der Waals surface area contributed by atoms with Crippen molar-refractivity contribution in [2.45, 2.75) is 44.4 Å². The van der Waals surface area contributed by atoms with Crippen LogP contribution in [0.2, 0.25) is 0 Å². The molecule has 0 amide bonds. The zero-order chi connectivity index (χ0) is 12.6. The van der Waals surface area contributed by atoms with Crippen molar-refractivity contribution in [2.24, 2.45) is 0 Å². The first kappa shape index (κ1) is 13.7. The smallest absolute Gasteiger partial charge is 0.315 e. The molecule has 2 N–H and O–H groups in total. The van der Waals surface area contributed by atoms with Gasteiger partial charge in [0.15, 0.2) is 0 Å². The molecule has 2 heterocycles. The van der Waals surface area contributed by atoms with Gasteiger partial charge < -0.3 is 15.1 Å². The fraction of sp³-hybridized carbons (Fsp3) is 0.833. The molecule has 0 saturated carbocycles. The first-order valence-corrected chi connectivity index (χ1v) is 7.82. The normalized spacial score (nSPS) is 19.9. The minimum absolute atomic E-state index is 0.550. The van der Waals surface area contributed by atoms with Crippen molar-refractivity contribution in [1.82, 2.24) is 15.5 Å². The summed E-state index contributed by atoms with van der Waals surface area (Å²) >= 11 is 2.04. The lowest BCUT2D eigenvalue weighted by Gasteiger charge is -2.20. The highest BCUT2D eigenvalue weighted by Gasteiger charge is 2.14. The molecule has 102 valence electrons. The summed E-state index contributed by atoms with van der Waals surface area (Å²) in [5, 5.41) is 15.2. The molecule has 5 nitrogen and oxygen atoms in total. The molecule has 1 atom stereocenters. The first-order chi connectivity index (χ1) is 8.88. The molecule has 1 aliphatic heterocycles. The average molecular weight is 270 g/mol. The molecule has 0 aliphatic carbocycles. The summed E-state index contributed by atoms with van der Waals surface area (Å²) in [5.41, 5.74) is 0. The van der Waals surface area contributed by atoms with Crippen LogP contribution >= 0.6 is 11.8 Å². The van der Waals surface area contributed by atoms with E-state index < -0.39 is 0 Å². The van der Waals surface area contributed by atoms with Crippen LogP contribution in [0.3, 0.4) is 0 Å². The molecule has 1 aromatic heterocycles. The molecule has 18 heavy (non-hydrogen) atoms. The van der Waals surface area contributed by atoms with E-state index in [1.165, 1.54) is 25.0 Å². The van der Waals surface area contributed by atoms with E-state index in [9.17, 15) is 0 Å². The lowest BCUT2D eigenvalue weighted by atomic mass is 10.2. The average Bonchev–Trinajstić information content (AvgIpc) is 2.86. The van der Waals surface area contributed by atoms with Crippen LogP contribution in [0.4, 0.5) is 6.01 Å². The van der Waals surface area contributed by atoms with Gasteiger partial charge in [-0.2, -0.15) is 11.8 Å². The van der Waals surface area contributed by atoms with Gasteiger partial charge in [-0.25, -0.2) is 0 Å². The van der Waals surface area contributed by atoms with Crippen LogP contribution in [0.25, 0.3) is 0 Å². The van der Waals surface area contributed by atoms with Gasteiger partial charge in [-0.1, -0.05) is 18.4 Å². The highest BCUT2D eigenvalue weighted by molar-refractivity contribution is 7.99. The lowest BCUT2D eigenvalue weighted by Crippen LogP contribution is -2.20. The van der Waals surface area contributed by atoms with E-state index in [2.05, 4.69) is 27.8 Å². The number of aromatic nitrogens is 2. The van der Waals surface area contributed by atoms with Crippen LogP contribution in [0.1, 0.15) is 38.5 Å². The summed E-state index contributed by atoms with van der Waals surface area (Å²) < 4.78 is 5.52. The number of hydrogen-bond donors (Lipinski definition) is 2. The Bertz CT molecular complexity index is 339. The molecule has 0 spiro atoms. The molecule has 0 radical (unpaired) electrons. The predicted octanol–water partition coefficient (Wildman–Crippen LogP) is 2.27. The molecule has 6 heteroatoms. The number of thioether (sulfide) groups is 1. The lowest BCUT2D eigenvalue weighted by molar-refractivity contribution is 0.476. The molecular formula is C12H22N4OS. The van der Waals surface area contributed by atoms with Gasteiger partial charge in [-0.15, -0.1) is 5.10 Å². The Morgan fingerprint density at radius 2 is 2.33 bits per heavy atom. The van der Waals surface area contributed by atoms with Gasteiger partial charge in [0.25, 0.3) is 0 Å². The van der Waals surface area contributed by atoms with Crippen LogP contribution in [-0.2, 0) is 6.54 Å². The van der Waals surface area contributed by atoms with Gasteiger partial charge in [0.1, 0.15) is 0 Å². The number of rotatable bonds is 7. The van der Waals surface area contributed by atoms with Gasteiger partial charge in [0.2, 0.25) is 5.89 Å². The van der Waals surface area contributed by atoms with Crippen molar-refractivity contribution in [3.05, 3.63) is 5.89 Å². The Labute approximate surface area is 112 Å². The Morgan fingerprint density at radius 3 is 3.11 bits per heavy atom. The number of hydrogen-bond acceptors (Lipinski definition) is 6. The van der Waals surface area contributed by atoms with Crippen molar-refractivity contribution in [1.29, 1.82) is 0 Å². The van der Waals surface area contributed by atoms with E-state index >= 15 is 0 Å². The van der Waals surface area contributed by atoms with Gasteiger partial charge in [0.05, 0.1) is 6.54 Å². The molecule has 1 fully saturated rings. The topological polar surface area (TPSA) is 63.0 Å². The Kier molecular flexibility index (Phi) is 5.80. The van der Waals surface area contributed by atoms with Crippen LogP contribution in [0, 0.1) is 0 Å². The second-order valence-electron chi connectivity index (χ2n) is 4.55. The van der Waals surface area contributed by atoms with Crippen LogP contribution in [0.5, 0.6) is 0 Å². The number of nitrogens with zero attached hydrogens (tertiary/aromatic N) is 2. The summed E-state index contributed by atoms with van der Waals surface area (Å²) in [5.74, 6) is 1.93. The fourth-order valence-corrected chi connectivity index (χ4v) is 3.18. The van der Waals surface area contributed by atoms with Crippen molar-refractivity contribution >= 4 is 17.8 Å². The molecule has 1 aromatic rings. The van der Waals surface area contributed by atoms with E-state index in [1.807, 2.05) is 11.8 Å². The minimum Gasteiger partial charge on any atom is -0.407 e. The van der Waals surface area contributed by atoms with E-state index in [0.717, 1.165) is 19.5 Å². The van der Waals surface area contributed by atoms with Gasteiger partial charge >= 0.3 is 6.01 Å². The monoisotopic (exact) mass is 270 g/mol. The Hall–Kier alpha value is -0.750. The first-order valence-electron chi connectivity index (χ1n) is 6.77. The standard InChI is InChI=1S/C12H22N4OS/c1-2-6-13-9-11-15-16-12(17-11)14-8-10-5-3-4-7-18-10/h10,13H,2-9H2,1H3,(H,14,16). The third-order valence-electron chi connectivity index (χ3n) is 2.92. The summed E-state index contributed by atoms with van der Waals surface area (Å²) in [6, 6.07) is 0.550. The Balaban J connectivity index is 1.69. The van der Waals surface area contributed by atoms with E-state index in [-0.39, 0.29) is 0 Å². The fourth-order valence-electron chi connectivity index (χ4n) is 1.94. The van der Waals surface area contributed by atoms with Crippen molar-refractivity contribution in [3.8, 4) is 0 Å². The number of anilines is 1. The van der Waals surface area contributed by atoms with Gasteiger partial charge in [-0.05, 0) is 31.6 Å². The molecule has 1 aliphatic rings. The largest absolute Gasteiger partial charge is 0.407 e. The zero-order valence-electron chi connectivity index (χ0n) is 10.9. The third-order valence-corrected chi connectivity index (χ3v) is 4.32. The summed E-state index contributed by atoms with van der Waals surface area (Å²) in [7, 11) is 0. The molecule has 1 saturated heterocycles. The van der Waals surface area contributed by atoms with Crippen molar-refractivity contribution < 1.29 is 4.42 Å². The second-order valence-corrected chi connectivity index (χ2v) is 5.96. The molecule has 0 aromatic carbocycles. The van der Waals surface area contributed by atoms with Gasteiger partial charge in [0, 0.05) is 11.8 Å². The summed E-state index contributed by atoms with van der Waals surface area (Å²) in [4.78, 5) is 0. The molecule has 2 rings (SSSR count). The predicted molar refractivity (Wildman–Crippen MR) is 74.9 cm³/mol. The zero-order valence-corrected chi connectivity index (χ0v) is 11.8. The summed E-state index contributed by atoms with van der Waals surface area (Å²) in [6.07, 6.45) is 5.10. The quantitative estimate of drug-likeness (QED) is 0.741. The highest BCUT2D eigenvalue weighted by Crippen LogP contribution is 2.25. The molecular weight excluding hydrogens is 248 g/mol. The van der Waals surface area contributed by atoms with Crippen LogP contribution in [0.15, 0.2) is 4.42 Å². The Morgan fingerprint density at radius 1 is 1.39 bits per heavy atom. The van der Waals surface area contributed by atoms with E-state index in [0.29, 0.717) is 23.7 Å². The maximum absolute atomic E-state index is 5.52. The minimum atomic E-state index is 0.550. The third kappa shape index (κ3) is 4.49.